The lowest BCUT2D eigenvalue weighted by atomic mass is 9.92. The molecule has 0 fully saturated rings. The lowest BCUT2D eigenvalue weighted by Crippen LogP contribution is -1.93. The summed E-state index contributed by atoms with van der Waals surface area (Å²) in [5.74, 6) is 0.868. The summed E-state index contributed by atoms with van der Waals surface area (Å²) in [4.78, 5) is 0. The average Bonchev–Trinajstić information content (AvgIpc) is 3.25. The SMILES string of the molecule is COc1ccc(-c2cc3cc4c(cc3c3ccccc23)c2ccccc2n4-c2ccccc2)cc1. The molecule has 0 radical (unpaired) electrons. The molecule has 0 amide bonds. The maximum Gasteiger partial charge on any atom is 0.118 e. The topological polar surface area (TPSA) is 14.2 Å². The number of hydrogen-bond acceptors (Lipinski definition) is 1. The van der Waals surface area contributed by atoms with E-state index in [9.17, 15) is 0 Å². The van der Waals surface area contributed by atoms with Crippen LogP contribution < -0.4 is 4.74 Å². The molecule has 0 aliphatic rings. The van der Waals surface area contributed by atoms with Gasteiger partial charge in [0.1, 0.15) is 5.75 Å². The van der Waals surface area contributed by atoms with Gasteiger partial charge in [-0.3, -0.25) is 0 Å². The van der Waals surface area contributed by atoms with Crippen LogP contribution in [0.25, 0.3) is 60.2 Å². The second-order valence-corrected chi connectivity index (χ2v) is 8.98. The number of benzene rings is 6. The second-order valence-electron chi connectivity index (χ2n) is 8.98. The molecule has 0 aliphatic carbocycles. The fourth-order valence-electron chi connectivity index (χ4n) is 5.43. The normalized spacial score (nSPS) is 11.6. The van der Waals surface area contributed by atoms with Crippen molar-refractivity contribution in [2.24, 2.45) is 0 Å². The quantitative estimate of drug-likeness (QED) is 0.246. The first kappa shape index (κ1) is 19.9. The largest absolute Gasteiger partial charge is 0.497 e. The lowest BCUT2D eigenvalue weighted by molar-refractivity contribution is 0.415. The van der Waals surface area contributed by atoms with E-state index < -0.39 is 0 Å². The molecule has 2 heteroatoms. The smallest absolute Gasteiger partial charge is 0.118 e. The third-order valence-corrected chi connectivity index (χ3v) is 7.07. The molecular formula is C33H23NO. The number of fused-ring (bicyclic) bond motifs is 6. The maximum absolute atomic E-state index is 5.39. The van der Waals surface area contributed by atoms with Gasteiger partial charge < -0.3 is 9.30 Å². The zero-order valence-electron chi connectivity index (χ0n) is 19.4. The van der Waals surface area contributed by atoms with Gasteiger partial charge in [0.25, 0.3) is 0 Å². The van der Waals surface area contributed by atoms with Crippen molar-refractivity contribution in [3.8, 4) is 22.6 Å². The first-order valence-corrected chi connectivity index (χ1v) is 11.9. The Labute approximate surface area is 203 Å². The number of methoxy groups -OCH3 is 1. The molecule has 35 heavy (non-hydrogen) atoms. The number of ether oxygens (including phenoxy) is 1. The zero-order valence-corrected chi connectivity index (χ0v) is 19.4. The second kappa shape index (κ2) is 7.75. The molecule has 2 nitrogen and oxygen atoms in total. The Balaban J connectivity index is 1.61. The highest BCUT2D eigenvalue weighted by molar-refractivity contribution is 6.20. The van der Waals surface area contributed by atoms with Gasteiger partial charge in [-0.1, -0.05) is 72.8 Å². The monoisotopic (exact) mass is 449 g/mol. The number of hydrogen-bond donors (Lipinski definition) is 0. The molecule has 0 unspecified atom stereocenters. The highest BCUT2D eigenvalue weighted by atomic mass is 16.5. The first-order valence-electron chi connectivity index (χ1n) is 11.9. The zero-order chi connectivity index (χ0) is 23.4. The summed E-state index contributed by atoms with van der Waals surface area (Å²) in [5.41, 5.74) is 6.05. The molecule has 166 valence electrons. The van der Waals surface area contributed by atoms with Crippen LogP contribution in [0, 0.1) is 0 Å². The molecule has 0 N–H and O–H groups in total. The van der Waals surface area contributed by atoms with E-state index in [4.69, 9.17) is 4.74 Å². The van der Waals surface area contributed by atoms with Crippen molar-refractivity contribution in [3.63, 3.8) is 0 Å². The Hall–Kier alpha value is -4.56. The van der Waals surface area contributed by atoms with Gasteiger partial charge >= 0.3 is 0 Å². The number of nitrogens with zero attached hydrogens (tertiary/aromatic N) is 1. The summed E-state index contributed by atoms with van der Waals surface area (Å²) in [6.45, 7) is 0. The van der Waals surface area contributed by atoms with Crippen molar-refractivity contribution in [2.45, 2.75) is 0 Å². The Bertz CT molecular complexity index is 1860. The Morgan fingerprint density at radius 2 is 1.20 bits per heavy atom. The molecule has 1 heterocycles. The minimum absolute atomic E-state index is 0.868. The summed E-state index contributed by atoms with van der Waals surface area (Å²) < 4.78 is 7.77. The molecule has 1 aromatic heterocycles. The Kier molecular flexibility index (Phi) is 4.40. The highest BCUT2D eigenvalue weighted by Gasteiger charge is 2.15. The predicted molar refractivity (Wildman–Crippen MR) is 148 cm³/mol. The molecule has 0 saturated carbocycles. The van der Waals surface area contributed by atoms with Crippen LogP contribution >= 0.6 is 0 Å². The van der Waals surface area contributed by atoms with Crippen molar-refractivity contribution in [2.75, 3.05) is 7.11 Å². The van der Waals surface area contributed by atoms with Crippen molar-refractivity contribution >= 4 is 43.4 Å². The number of para-hydroxylation sites is 2. The van der Waals surface area contributed by atoms with Crippen LogP contribution in [-0.4, -0.2) is 11.7 Å². The standard InChI is InChI=1S/C33H23NO/c1-35-25-17-15-22(16-18-25)29-19-23-20-33-31(21-30(23)27-12-6-5-11-26(27)29)28-13-7-8-14-32(28)34(33)24-9-3-2-4-10-24/h2-21H,1H3. The number of rotatable bonds is 3. The van der Waals surface area contributed by atoms with Crippen molar-refractivity contribution in [3.05, 3.63) is 121 Å². The number of aromatic nitrogens is 1. The van der Waals surface area contributed by atoms with E-state index in [0.29, 0.717) is 0 Å². The van der Waals surface area contributed by atoms with Crippen molar-refractivity contribution in [1.29, 1.82) is 0 Å². The summed E-state index contributed by atoms with van der Waals surface area (Å²) in [6, 6.07) is 43.5. The fraction of sp³-hybridized carbons (Fsp3) is 0.0303. The molecule has 0 saturated heterocycles. The van der Waals surface area contributed by atoms with Crippen molar-refractivity contribution < 1.29 is 4.74 Å². The Morgan fingerprint density at radius 1 is 0.514 bits per heavy atom. The molecule has 0 spiro atoms. The van der Waals surface area contributed by atoms with E-state index >= 15 is 0 Å². The fourth-order valence-corrected chi connectivity index (χ4v) is 5.43. The van der Waals surface area contributed by atoms with E-state index in [1.54, 1.807) is 7.11 Å². The van der Waals surface area contributed by atoms with Crippen LogP contribution in [0.5, 0.6) is 5.75 Å². The Morgan fingerprint density at radius 3 is 1.97 bits per heavy atom. The molecule has 6 aromatic carbocycles. The van der Waals surface area contributed by atoms with Gasteiger partial charge in [-0.2, -0.15) is 0 Å². The third kappa shape index (κ3) is 3.04. The van der Waals surface area contributed by atoms with Crippen LogP contribution in [0.15, 0.2) is 121 Å². The summed E-state index contributed by atoms with van der Waals surface area (Å²) in [7, 11) is 1.71. The van der Waals surface area contributed by atoms with Crippen LogP contribution in [0.1, 0.15) is 0 Å². The van der Waals surface area contributed by atoms with E-state index in [1.807, 2.05) is 12.1 Å². The molecule has 7 aromatic rings. The van der Waals surface area contributed by atoms with Crippen LogP contribution in [0.4, 0.5) is 0 Å². The van der Waals surface area contributed by atoms with Gasteiger partial charge in [0.05, 0.1) is 18.1 Å². The summed E-state index contributed by atoms with van der Waals surface area (Å²) in [5, 5.41) is 7.60. The van der Waals surface area contributed by atoms with E-state index in [2.05, 4.69) is 114 Å². The van der Waals surface area contributed by atoms with E-state index in [1.165, 1.54) is 60.2 Å². The average molecular weight is 450 g/mol. The van der Waals surface area contributed by atoms with Gasteiger partial charge in [0.15, 0.2) is 0 Å². The van der Waals surface area contributed by atoms with Gasteiger partial charge in [-0.15, -0.1) is 0 Å². The minimum Gasteiger partial charge on any atom is -0.497 e. The summed E-state index contributed by atoms with van der Waals surface area (Å²) >= 11 is 0. The van der Waals surface area contributed by atoms with E-state index in [-0.39, 0.29) is 0 Å². The molecule has 0 atom stereocenters. The van der Waals surface area contributed by atoms with Gasteiger partial charge in [-0.05, 0) is 81.2 Å². The van der Waals surface area contributed by atoms with E-state index in [0.717, 1.165) is 5.75 Å². The van der Waals surface area contributed by atoms with Crippen LogP contribution in [0.3, 0.4) is 0 Å². The van der Waals surface area contributed by atoms with Crippen LogP contribution in [0.2, 0.25) is 0 Å². The summed E-state index contributed by atoms with van der Waals surface area (Å²) in [6.07, 6.45) is 0. The minimum atomic E-state index is 0.868. The maximum atomic E-state index is 5.39. The predicted octanol–water partition coefficient (Wildman–Crippen LogP) is 8.77. The van der Waals surface area contributed by atoms with Crippen LogP contribution in [-0.2, 0) is 0 Å². The molecule has 0 aliphatic heterocycles. The van der Waals surface area contributed by atoms with Gasteiger partial charge in [0, 0.05) is 16.5 Å². The molecular weight excluding hydrogens is 426 g/mol. The highest BCUT2D eigenvalue weighted by Crippen LogP contribution is 2.40. The van der Waals surface area contributed by atoms with Crippen molar-refractivity contribution in [1.82, 2.24) is 4.57 Å². The molecule has 0 bridgehead atoms. The lowest BCUT2D eigenvalue weighted by Gasteiger charge is -2.13. The van der Waals surface area contributed by atoms with Gasteiger partial charge in [-0.25, -0.2) is 0 Å². The first-order chi connectivity index (χ1) is 17.3. The van der Waals surface area contributed by atoms with Gasteiger partial charge in [0.2, 0.25) is 0 Å². The molecule has 7 rings (SSSR count). The third-order valence-electron chi connectivity index (χ3n) is 7.07.